The molecule has 1 fully saturated rings. The number of carbonyl (C=O) groups excluding carboxylic acids is 1. The molecule has 1 heterocycles. The minimum Gasteiger partial charge on any atom is -0.370 e. The Labute approximate surface area is 184 Å². The minimum absolute atomic E-state index is 0.0894. The van der Waals surface area contributed by atoms with Gasteiger partial charge in [0.05, 0.1) is 16.5 Å². The zero-order valence-electron chi connectivity index (χ0n) is 18.0. The van der Waals surface area contributed by atoms with Crippen molar-refractivity contribution >= 4 is 21.6 Å². The lowest BCUT2D eigenvalue weighted by Gasteiger charge is -2.24. The number of benzene rings is 2. The van der Waals surface area contributed by atoms with Crippen molar-refractivity contribution < 1.29 is 13.2 Å². The molecule has 0 aliphatic carbocycles. The molecule has 0 atom stereocenters. The molecule has 0 radical (unpaired) electrons. The molecule has 1 aliphatic rings. The van der Waals surface area contributed by atoms with E-state index in [1.54, 1.807) is 38.1 Å². The molecule has 0 spiro atoms. The first-order valence-electron chi connectivity index (χ1n) is 10.5. The van der Waals surface area contributed by atoms with Crippen LogP contribution in [0.4, 0.5) is 5.69 Å². The number of sulfonamides is 1. The molecular formula is C23H28N4O3S. The number of anilines is 1. The highest BCUT2D eigenvalue weighted by atomic mass is 32.2. The Balaban J connectivity index is 1.68. The monoisotopic (exact) mass is 440 g/mol. The summed E-state index contributed by atoms with van der Waals surface area (Å²) < 4.78 is 26.7. The number of hydrogen-bond acceptors (Lipinski definition) is 5. The molecule has 2 aromatic carbocycles. The largest absolute Gasteiger partial charge is 0.370 e. The van der Waals surface area contributed by atoms with Crippen molar-refractivity contribution in [3.8, 4) is 6.07 Å². The van der Waals surface area contributed by atoms with Crippen LogP contribution in [0.5, 0.6) is 0 Å². The van der Waals surface area contributed by atoms with Crippen LogP contribution in [0.3, 0.4) is 0 Å². The molecule has 0 bridgehead atoms. The van der Waals surface area contributed by atoms with Crippen LogP contribution in [0, 0.1) is 11.3 Å². The Morgan fingerprint density at radius 3 is 2.19 bits per heavy atom. The van der Waals surface area contributed by atoms with Gasteiger partial charge in [0.25, 0.3) is 5.91 Å². The molecule has 8 heteroatoms. The van der Waals surface area contributed by atoms with Gasteiger partial charge in [0.1, 0.15) is 0 Å². The molecule has 164 valence electrons. The fraction of sp³-hybridized carbons (Fsp3) is 0.391. The topological polar surface area (TPSA) is 84.7 Å². The first-order valence-corrected chi connectivity index (χ1v) is 12.0. The fourth-order valence-corrected chi connectivity index (χ4v) is 5.25. The summed E-state index contributed by atoms with van der Waals surface area (Å²) in [5.41, 5.74) is 2.16. The van der Waals surface area contributed by atoms with Crippen LogP contribution in [-0.4, -0.2) is 62.8 Å². The third kappa shape index (κ3) is 5.06. The average molecular weight is 441 g/mol. The summed E-state index contributed by atoms with van der Waals surface area (Å²) in [6, 6.07) is 15.8. The van der Waals surface area contributed by atoms with E-state index in [0.29, 0.717) is 43.9 Å². The molecule has 1 saturated heterocycles. The summed E-state index contributed by atoms with van der Waals surface area (Å²) in [6.45, 7) is 7.18. The maximum atomic E-state index is 13.0. The Kier molecular flexibility index (Phi) is 7.31. The second kappa shape index (κ2) is 9.94. The molecule has 1 amide bonds. The lowest BCUT2D eigenvalue weighted by molar-refractivity contribution is 0.0767. The zero-order chi connectivity index (χ0) is 22.4. The summed E-state index contributed by atoms with van der Waals surface area (Å²) in [5, 5.41) is 8.96. The summed E-state index contributed by atoms with van der Waals surface area (Å²) in [7, 11) is -3.54. The third-order valence-electron chi connectivity index (χ3n) is 5.59. The maximum Gasteiger partial charge on any atom is 0.253 e. The van der Waals surface area contributed by atoms with Crippen molar-refractivity contribution in [1.82, 2.24) is 9.21 Å². The second-order valence-electron chi connectivity index (χ2n) is 7.41. The quantitative estimate of drug-likeness (QED) is 0.690. The SMILES string of the molecule is CCN(CC)S(=O)(=O)c1ccc(C(=O)N2CCCN(c3ccc(C#N)cc3)CC2)cc1. The van der Waals surface area contributed by atoms with Gasteiger partial charge >= 0.3 is 0 Å². The number of nitriles is 1. The van der Waals surface area contributed by atoms with Crippen LogP contribution in [0.25, 0.3) is 0 Å². The van der Waals surface area contributed by atoms with E-state index in [-0.39, 0.29) is 10.8 Å². The van der Waals surface area contributed by atoms with Gasteiger partial charge in [-0.25, -0.2) is 8.42 Å². The van der Waals surface area contributed by atoms with E-state index in [4.69, 9.17) is 5.26 Å². The summed E-state index contributed by atoms with van der Waals surface area (Å²) in [5.74, 6) is -0.0894. The van der Waals surface area contributed by atoms with Crippen molar-refractivity contribution in [3.05, 3.63) is 59.7 Å². The van der Waals surface area contributed by atoms with Crippen molar-refractivity contribution in [1.29, 1.82) is 5.26 Å². The first kappa shape index (κ1) is 22.8. The van der Waals surface area contributed by atoms with Crippen molar-refractivity contribution in [2.45, 2.75) is 25.2 Å². The maximum absolute atomic E-state index is 13.0. The van der Waals surface area contributed by atoms with Gasteiger partial charge in [-0.05, 0) is 55.0 Å². The van der Waals surface area contributed by atoms with Crippen LogP contribution in [0.15, 0.2) is 53.4 Å². The van der Waals surface area contributed by atoms with Crippen LogP contribution in [-0.2, 0) is 10.0 Å². The van der Waals surface area contributed by atoms with E-state index in [2.05, 4.69) is 11.0 Å². The normalized spacial score (nSPS) is 14.9. The van der Waals surface area contributed by atoms with Crippen molar-refractivity contribution in [3.63, 3.8) is 0 Å². The number of rotatable bonds is 6. The Hall–Kier alpha value is -2.89. The Morgan fingerprint density at radius 2 is 1.61 bits per heavy atom. The summed E-state index contributed by atoms with van der Waals surface area (Å²) >= 11 is 0. The van der Waals surface area contributed by atoms with E-state index in [0.717, 1.165) is 18.7 Å². The molecule has 2 aromatic rings. The standard InChI is InChI=1S/C23H28N4O3S/c1-3-27(4-2)31(29,30)22-12-8-20(9-13-22)23(28)26-15-5-14-25(16-17-26)21-10-6-19(18-24)7-11-21/h6-13H,3-5,14-17H2,1-2H3. The lowest BCUT2D eigenvalue weighted by Crippen LogP contribution is -2.35. The van der Waals surface area contributed by atoms with Gasteiger partial charge < -0.3 is 9.80 Å². The molecule has 31 heavy (non-hydrogen) atoms. The summed E-state index contributed by atoms with van der Waals surface area (Å²) in [6.07, 6.45) is 0.833. The number of amides is 1. The van der Waals surface area contributed by atoms with E-state index in [1.165, 1.54) is 16.4 Å². The van der Waals surface area contributed by atoms with Crippen LogP contribution in [0.2, 0.25) is 0 Å². The van der Waals surface area contributed by atoms with Gasteiger partial charge in [0.2, 0.25) is 10.0 Å². The number of hydrogen-bond donors (Lipinski definition) is 0. The van der Waals surface area contributed by atoms with E-state index < -0.39 is 10.0 Å². The average Bonchev–Trinajstić information content (AvgIpc) is 3.06. The number of nitrogens with zero attached hydrogens (tertiary/aromatic N) is 4. The Morgan fingerprint density at radius 1 is 0.968 bits per heavy atom. The highest BCUT2D eigenvalue weighted by molar-refractivity contribution is 7.89. The number of carbonyl (C=O) groups is 1. The van der Waals surface area contributed by atoms with Gasteiger partial charge in [-0.1, -0.05) is 13.8 Å². The van der Waals surface area contributed by atoms with E-state index >= 15 is 0 Å². The zero-order valence-corrected chi connectivity index (χ0v) is 18.8. The predicted octanol–water partition coefficient (Wildman–Crippen LogP) is 2.94. The fourth-order valence-electron chi connectivity index (χ4n) is 3.79. The van der Waals surface area contributed by atoms with Gasteiger partial charge in [0, 0.05) is 50.5 Å². The lowest BCUT2D eigenvalue weighted by atomic mass is 10.2. The third-order valence-corrected chi connectivity index (χ3v) is 7.65. The molecule has 0 aromatic heterocycles. The smallest absolute Gasteiger partial charge is 0.253 e. The van der Waals surface area contributed by atoms with Gasteiger partial charge in [-0.3, -0.25) is 4.79 Å². The molecule has 0 saturated carbocycles. The van der Waals surface area contributed by atoms with Crippen LogP contribution < -0.4 is 4.90 Å². The van der Waals surface area contributed by atoms with Gasteiger partial charge in [-0.2, -0.15) is 9.57 Å². The highest BCUT2D eigenvalue weighted by Crippen LogP contribution is 2.20. The van der Waals surface area contributed by atoms with Crippen LogP contribution >= 0.6 is 0 Å². The predicted molar refractivity (Wildman–Crippen MR) is 120 cm³/mol. The highest BCUT2D eigenvalue weighted by Gasteiger charge is 2.24. The van der Waals surface area contributed by atoms with Gasteiger partial charge in [0.15, 0.2) is 0 Å². The second-order valence-corrected chi connectivity index (χ2v) is 9.34. The van der Waals surface area contributed by atoms with Crippen LogP contribution in [0.1, 0.15) is 36.2 Å². The molecule has 0 N–H and O–H groups in total. The van der Waals surface area contributed by atoms with E-state index in [9.17, 15) is 13.2 Å². The Bertz CT molecular complexity index is 1040. The molecule has 0 unspecified atom stereocenters. The molecule has 1 aliphatic heterocycles. The van der Waals surface area contributed by atoms with E-state index in [1.807, 2.05) is 17.0 Å². The van der Waals surface area contributed by atoms with Crippen molar-refractivity contribution in [2.24, 2.45) is 0 Å². The molecular weight excluding hydrogens is 412 g/mol. The summed E-state index contributed by atoms with van der Waals surface area (Å²) in [4.78, 5) is 17.2. The van der Waals surface area contributed by atoms with Crippen molar-refractivity contribution in [2.75, 3.05) is 44.2 Å². The first-order chi connectivity index (χ1) is 14.9. The molecule has 7 nitrogen and oxygen atoms in total. The molecule has 3 rings (SSSR count). The van der Waals surface area contributed by atoms with Gasteiger partial charge in [-0.15, -0.1) is 0 Å². The minimum atomic E-state index is -3.54.